The monoisotopic (exact) mass is 792 g/mol. The molecule has 0 spiro atoms. The van der Waals surface area contributed by atoms with E-state index >= 15 is 0 Å². The SMILES string of the molecule is CCCCCc1ccc(-c2ccc(C3C(CC)CCCC3(C#N)C(=O)O)cc2)cc1.CCCCc1ccc(-c2ccc(C3C(CC)CCCC3(C#N)C(=O)O)cc2)cc1. The van der Waals surface area contributed by atoms with Crippen molar-refractivity contribution in [3.63, 3.8) is 0 Å². The van der Waals surface area contributed by atoms with E-state index in [-0.39, 0.29) is 23.7 Å². The van der Waals surface area contributed by atoms with Crippen LogP contribution in [0.1, 0.15) is 145 Å². The summed E-state index contributed by atoms with van der Waals surface area (Å²) in [4.78, 5) is 24.3. The highest BCUT2D eigenvalue weighted by molar-refractivity contribution is 5.81. The van der Waals surface area contributed by atoms with Gasteiger partial charge in [0.05, 0.1) is 12.1 Å². The Morgan fingerprint density at radius 1 is 0.542 bits per heavy atom. The van der Waals surface area contributed by atoms with Crippen molar-refractivity contribution in [2.45, 2.75) is 136 Å². The second kappa shape index (κ2) is 21.2. The average molecular weight is 793 g/mol. The molecule has 4 aromatic carbocycles. The van der Waals surface area contributed by atoms with Gasteiger partial charge in [-0.1, -0.05) is 170 Å². The number of hydrogen-bond donors (Lipinski definition) is 2. The Kier molecular flexibility index (Phi) is 16.1. The molecular weight excluding hydrogens is 729 g/mol. The molecule has 0 amide bonds. The zero-order valence-electron chi connectivity index (χ0n) is 35.8. The predicted molar refractivity (Wildman–Crippen MR) is 238 cm³/mol. The first-order valence-corrected chi connectivity index (χ1v) is 22.3. The summed E-state index contributed by atoms with van der Waals surface area (Å²) in [5.41, 5.74) is 6.63. The maximum atomic E-state index is 12.1. The standard InChI is InChI=1S/C27H33NO2.C26H31NO2/c1-3-5-6-8-20-10-12-22(13-11-20)23-14-16-24(17-15-23)25-21(4-2)9-7-18-27(25,19-28)26(29)30;1-3-5-7-19-9-11-21(12-10-19)22-13-15-23(16-14-22)24-20(4-2)8-6-17-26(24,18-27)25(28)29/h10-17,21,25H,3-9,18H2,1-2H3,(H,29,30);9-16,20,24H,3-8,17H2,1-2H3,(H,28,29). The normalized spacial score (nSPS) is 23.8. The van der Waals surface area contributed by atoms with Crippen LogP contribution in [0.5, 0.6) is 0 Å². The first-order valence-electron chi connectivity index (χ1n) is 22.3. The Bertz CT molecular complexity index is 2040. The summed E-state index contributed by atoms with van der Waals surface area (Å²) >= 11 is 0. The van der Waals surface area contributed by atoms with Crippen LogP contribution in [0.25, 0.3) is 22.3 Å². The summed E-state index contributed by atoms with van der Waals surface area (Å²) in [5.74, 6) is -2.01. The van der Waals surface area contributed by atoms with Crippen molar-refractivity contribution in [1.82, 2.24) is 0 Å². The van der Waals surface area contributed by atoms with Gasteiger partial charge in [0.1, 0.15) is 0 Å². The largest absolute Gasteiger partial charge is 0.480 e. The maximum absolute atomic E-state index is 12.1. The number of hydrogen-bond acceptors (Lipinski definition) is 4. The number of carbonyl (C=O) groups is 2. The lowest BCUT2D eigenvalue weighted by molar-refractivity contribution is -0.150. The predicted octanol–water partition coefficient (Wildman–Crippen LogP) is 13.6. The highest BCUT2D eigenvalue weighted by Gasteiger charge is 2.53. The van der Waals surface area contributed by atoms with Gasteiger partial charge in [0, 0.05) is 11.8 Å². The molecule has 6 unspecified atom stereocenters. The first kappa shape index (κ1) is 44.9. The number of aliphatic carboxylic acids is 2. The fourth-order valence-electron chi connectivity index (χ4n) is 10.0. The molecule has 0 aliphatic heterocycles. The summed E-state index contributed by atoms with van der Waals surface area (Å²) < 4.78 is 0. The summed E-state index contributed by atoms with van der Waals surface area (Å²) in [6.07, 6.45) is 14.6. The number of rotatable bonds is 15. The second-order valence-electron chi connectivity index (χ2n) is 17.1. The Hall–Kier alpha value is -5.20. The van der Waals surface area contributed by atoms with Crippen LogP contribution in [0.3, 0.4) is 0 Å². The second-order valence-corrected chi connectivity index (χ2v) is 17.1. The first-order chi connectivity index (χ1) is 28.6. The summed E-state index contributed by atoms with van der Waals surface area (Å²) in [5, 5.41) is 39.6. The third kappa shape index (κ3) is 10.2. The lowest BCUT2D eigenvalue weighted by atomic mass is 9.59. The molecular formula is C53H64N2O4. The molecule has 4 aromatic rings. The molecule has 310 valence electrons. The molecule has 59 heavy (non-hydrogen) atoms. The lowest BCUT2D eigenvalue weighted by Gasteiger charge is -2.41. The van der Waals surface area contributed by atoms with Crippen LogP contribution in [0.15, 0.2) is 97.1 Å². The molecule has 2 fully saturated rings. The van der Waals surface area contributed by atoms with Crippen LogP contribution in [-0.4, -0.2) is 22.2 Å². The van der Waals surface area contributed by atoms with Crippen LogP contribution >= 0.6 is 0 Å². The average Bonchev–Trinajstić information content (AvgIpc) is 3.28. The summed E-state index contributed by atoms with van der Waals surface area (Å²) in [6.45, 7) is 8.63. The molecule has 6 nitrogen and oxygen atoms in total. The molecule has 2 aliphatic rings. The molecule has 6 heteroatoms. The third-order valence-corrected chi connectivity index (χ3v) is 13.5. The number of unbranched alkanes of at least 4 members (excludes halogenated alkanes) is 3. The molecule has 2 aliphatic carbocycles. The molecule has 2 saturated carbocycles. The van der Waals surface area contributed by atoms with Gasteiger partial charge in [-0.15, -0.1) is 0 Å². The Labute approximate surface area is 353 Å². The number of carboxylic acid groups (broad SMARTS) is 2. The molecule has 0 aromatic heterocycles. The van der Waals surface area contributed by atoms with E-state index in [0.717, 1.165) is 79.2 Å². The minimum absolute atomic E-state index is 0.225. The third-order valence-electron chi connectivity index (χ3n) is 13.5. The van der Waals surface area contributed by atoms with Gasteiger partial charge in [-0.25, -0.2) is 0 Å². The van der Waals surface area contributed by atoms with Crippen LogP contribution < -0.4 is 0 Å². The van der Waals surface area contributed by atoms with Crippen molar-refractivity contribution in [2.75, 3.05) is 0 Å². The van der Waals surface area contributed by atoms with Crippen LogP contribution in [0, 0.1) is 45.3 Å². The lowest BCUT2D eigenvalue weighted by Crippen LogP contribution is -2.42. The van der Waals surface area contributed by atoms with E-state index in [2.05, 4.69) is 113 Å². The highest BCUT2D eigenvalue weighted by atomic mass is 16.4. The topological polar surface area (TPSA) is 122 Å². The number of nitrogens with zero attached hydrogens (tertiary/aromatic N) is 2. The van der Waals surface area contributed by atoms with E-state index < -0.39 is 22.8 Å². The molecule has 0 heterocycles. The van der Waals surface area contributed by atoms with Crippen molar-refractivity contribution >= 4 is 11.9 Å². The number of benzene rings is 4. The minimum Gasteiger partial charge on any atom is -0.480 e. The van der Waals surface area contributed by atoms with Crippen molar-refractivity contribution in [3.8, 4) is 34.4 Å². The van der Waals surface area contributed by atoms with Gasteiger partial charge < -0.3 is 10.2 Å². The fourth-order valence-corrected chi connectivity index (χ4v) is 10.0. The van der Waals surface area contributed by atoms with Crippen molar-refractivity contribution < 1.29 is 19.8 Å². The smallest absolute Gasteiger partial charge is 0.324 e. The molecule has 0 radical (unpaired) electrons. The Morgan fingerprint density at radius 3 is 1.19 bits per heavy atom. The molecule has 2 N–H and O–H groups in total. The van der Waals surface area contributed by atoms with Crippen LogP contribution in [0.2, 0.25) is 0 Å². The van der Waals surface area contributed by atoms with E-state index in [1.807, 2.05) is 24.3 Å². The van der Waals surface area contributed by atoms with E-state index in [4.69, 9.17) is 0 Å². The van der Waals surface area contributed by atoms with Gasteiger partial charge in [-0.05, 0) is 108 Å². The van der Waals surface area contributed by atoms with Gasteiger partial charge in [-0.3, -0.25) is 9.59 Å². The molecule has 0 bridgehead atoms. The van der Waals surface area contributed by atoms with E-state index in [1.54, 1.807) is 0 Å². The quantitative estimate of drug-likeness (QED) is 0.116. The maximum Gasteiger partial charge on any atom is 0.324 e. The number of aryl methyl sites for hydroxylation is 2. The fraction of sp³-hybridized carbons (Fsp3) is 0.472. The molecule has 6 atom stereocenters. The van der Waals surface area contributed by atoms with E-state index in [0.29, 0.717) is 12.8 Å². The number of carboxylic acids is 2. The summed E-state index contributed by atoms with van der Waals surface area (Å²) in [6, 6.07) is 38.3. The Balaban J connectivity index is 0.000000224. The highest BCUT2D eigenvalue weighted by Crippen LogP contribution is 2.53. The van der Waals surface area contributed by atoms with E-state index in [9.17, 15) is 30.3 Å². The number of nitriles is 2. The zero-order valence-corrected chi connectivity index (χ0v) is 35.8. The van der Waals surface area contributed by atoms with Gasteiger partial charge in [0.15, 0.2) is 10.8 Å². The minimum atomic E-state index is -1.32. The molecule has 6 rings (SSSR count). The molecule has 0 saturated heterocycles. The van der Waals surface area contributed by atoms with Crippen LogP contribution in [-0.2, 0) is 22.4 Å². The van der Waals surface area contributed by atoms with Gasteiger partial charge in [-0.2, -0.15) is 10.5 Å². The van der Waals surface area contributed by atoms with Crippen molar-refractivity contribution in [2.24, 2.45) is 22.7 Å². The summed E-state index contributed by atoms with van der Waals surface area (Å²) in [7, 11) is 0. The zero-order chi connectivity index (χ0) is 42.4. The Morgan fingerprint density at radius 2 is 0.881 bits per heavy atom. The van der Waals surface area contributed by atoms with Gasteiger partial charge >= 0.3 is 11.9 Å². The van der Waals surface area contributed by atoms with Gasteiger partial charge in [0.2, 0.25) is 0 Å². The van der Waals surface area contributed by atoms with Gasteiger partial charge in [0.25, 0.3) is 0 Å². The van der Waals surface area contributed by atoms with E-state index in [1.165, 1.54) is 48.8 Å². The van der Waals surface area contributed by atoms with Crippen molar-refractivity contribution in [3.05, 3.63) is 119 Å². The van der Waals surface area contributed by atoms with Crippen LogP contribution in [0.4, 0.5) is 0 Å². The van der Waals surface area contributed by atoms with Crippen molar-refractivity contribution in [1.29, 1.82) is 10.5 Å².